The second-order valence-electron chi connectivity index (χ2n) is 8.17. The SMILES string of the molecule is CCc1ccccc1NC(=O)CN1C(=O)N/C(=C/c2cc(Cl)c(OCc3ccc(I)cc3)c(Br)c2)C1=O. The van der Waals surface area contributed by atoms with E-state index in [4.69, 9.17) is 16.3 Å². The molecule has 1 heterocycles. The molecule has 190 valence electrons. The number of hydrogen-bond acceptors (Lipinski definition) is 4. The van der Waals surface area contributed by atoms with Crippen LogP contribution in [-0.4, -0.2) is 29.3 Å². The van der Waals surface area contributed by atoms with Gasteiger partial charge in [0.05, 0.1) is 9.50 Å². The summed E-state index contributed by atoms with van der Waals surface area (Å²) in [5.74, 6) is -0.601. The van der Waals surface area contributed by atoms with Gasteiger partial charge in [0.15, 0.2) is 5.75 Å². The number of imide groups is 1. The zero-order valence-corrected chi connectivity index (χ0v) is 24.2. The molecule has 4 rings (SSSR count). The van der Waals surface area contributed by atoms with Gasteiger partial charge in [0, 0.05) is 9.26 Å². The molecule has 0 aliphatic carbocycles. The van der Waals surface area contributed by atoms with Gasteiger partial charge in [0.1, 0.15) is 18.8 Å². The maximum Gasteiger partial charge on any atom is 0.329 e. The Bertz CT molecular complexity index is 1370. The number of urea groups is 1. The van der Waals surface area contributed by atoms with Crippen molar-refractivity contribution in [2.75, 3.05) is 11.9 Å². The first-order chi connectivity index (χ1) is 17.7. The van der Waals surface area contributed by atoms with Gasteiger partial charge in [-0.25, -0.2) is 9.69 Å². The molecule has 7 nitrogen and oxygen atoms in total. The maximum absolute atomic E-state index is 12.9. The molecule has 1 saturated heterocycles. The Morgan fingerprint density at radius 1 is 1.16 bits per heavy atom. The first kappa shape index (κ1) is 27.2. The Morgan fingerprint density at radius 2 is 1.89 bits per heavy atom. The molecular weight excluding hydrogens is 673 g/mol. The predicted octanol–water partition coefficient (Wildman–Crippen LogP) is 6.38. The molecule has 0 unspecified atom stereocenters. The molecule has 0 aromatic heterocycles. The first-order valence-corrected chi connectivity index (χ1v) is 13.6. The molecule has 37 heavy (non-hydrogen) atoms. The smallest absolute Gasteiger partial charge is 0.329 e. The summed E-state index contributed by atoms with van der Waals surface area (Å²) < 4.78 is 7.62. The number of benzene rings is 3. The second-order valence-corrected chi connectivity index (χ2v) is 10.7. The summed E-state index contributed by atoms with van der Waals surface area (Å²) in [6.45, 7) is 1.91. The van der Waals surface area contributed by atoms with Crippen molar-refractivity contribution in [2.24, 2.45) is 0 Å². The van der Waals surface area contributed by atoms with Crippen molar-refractivity contribution >= 4 is 79.7 Å². The number of halogens is 3. The molecule has 1 fully saturated rings. The lowest BCUT2D eigenvalue weighted by atomic mass is 10.1. The van der Waals surface area contributed by atoms with Gasteiger partial charge in [-0.05, 0) is 98.0 Å². The van der Waals surface area contributed by atoms with Crippen LogP contribution < -0.4 is 15.4 Å². The number of aryl methyl sites for hydroxylation is 1. The molecule has 2 N–H and O–H groups in total. The van der Waals surface area contributed by atoms with E-state index >= 15 is 0 Å². The van der Waals surface area contributed by atoms with Crippen LogP contribution in [0.3, 0.4) is 0 Å². The van der Waals surface area contributed by atoms with E-state index in [1.165, 1.54) is 6.08 Å². The number of nitrogens with one attached hydrogen (secondary N) is 2. The van der Waals surface area contributed by atoms with Crippen LogP contribution in [0, 0.1) is 3.57 Å². The fourth-order valence-electron chi connectivity index (χ4n) is 3.70. The van der Waals surface area contributed by atoms with Gasteiger partial charge >= 0.3 is 6.03 Å². The maximum atomic E-state index is 12.9. The Kier molecular flexibility index (Phi) is 8.88. The molecule has 0 atom stereocenters. The largest absolute Gasteiger partial charge is 0.486 e. The van der Waals surface area contributed by atoms with E-state index in [-0.39, 0.29) is 5.70 Å². The molecule has 3 aromatic carbocycles. The van der Waals surface area contributed by atoms with Crippen molar-refractivity contribution in [2.45, 2.75) is 20.0 Å². The van der Waals surface area contributed by atoms with Gasteiger partial charge in [-0.2, -0.15) is 0 Å². The third-order valence-electron chi connectivity index (χ3n) is 5.56. The normalized spacial score (nSPS) is 14.2. The number of hydrogen-bond donors (Lipinski definition) is 2. The number of rotatable bonds is 8. The summed E-state index contributed by atoms with van der Waals surface area (Å²) in [6.07, 6.45) is 2.24. The molecule has 1 aliphatic heterocycles. The number of ether oxygens (including phenoxy) is 1. The van der Waals surface area contributed by atoms with Crippen LogP contribution in [0.4, 0.5) is 10.5 Å². The Balaban J connectivity index is 1.44. The Hall–Kier alpha value is -2.89. The van der Waals surface area contributed by atoms with Gasteiger partial charge in [0.2, 0.25) is 5.91 Å². The van der Waals surface area contributed by atoms with Crippen LogP contribution in [-0.2, 0) is 22.6 Å². The van der Waals surface area contributed by atoms with Gasteiger partial charge in [0.25, 0.3) is 5.91 Å². The highest BCUT2D eigenvalue weighted by Gasteiger charge is 2.35. The minimum Gasteiger partial charge on any atom is -0.486 e. The minimum atomic E-state index is -0.669. The summed E-state index contributed by atoms with van der Waals surface area (Å²) >= 11 is 12.2. The highest BCUT2D eigenvalue weighted by molar-refractivity contribution is 14.1. The van der Waals surface area contributed by atoms with E-state index in [1.54, 1.807) is 18.2 Å². The zero-order valence-electron chi connectivity index (χ0n) is 19.7. The van der Waals surface area contributed by atoms with Crippen LogP contribution in [0.2, 0.25) is 5.02 Å². The minimum absolute atomic E-state index is 0.0438. The lowest BCUT2D eigenvalue weighted by Crippen LogP contribution is -2.38. The third kappa shape index (κ3) is 6.71. The molecule has 0 radical (unpaired) electrons. The summed E-state index contributed by atoms with van der Waals surface area (Å²) in [7, 11) is 0. The van der Waals surface area contributed by atoms with Crippen LogP contribution >= 0.6 is 50.1 Å². The number of carbonyl (C=O) groups is 3. The number of amides is 4. The molecule has 4 amide bonds. The molecule has 1 aliphatic rings. The summed E-state index contributed by atoms with van der Waals surface area (Å²) in [4.78, 5) is 38.7. The topological polar surface area (TPSA) is 87.7 Å². The van der Waals surface area contributed by atoms with E-state index in [2.05, 4.69) is 49.2 Å². The third-order valence-corrected chi connectivity index (χ3v) is 7.15. The monoisotopic (exact) mass is 693 g/mol. The summed E-state index contributed by atoms with van der Waals surface area (Å²) in [5, 5.41) is 5.64. The van der Waals surface area contributed by atoms with Crippen molar-refractivity contribution in [3.05, 3.63) is 96.1 Å². The average Bonchev–Trinajstić information content (AvgIpc) is 3.12. The van der Waals surface area contributed by atoms with Crippen molar-refractivity contribution in [1.82, 2.24) is 10.2 Å². The van der Waals surface area contributed by atoms with Crippen LogP contribution in [0.1, 0.15) is 23.6 Å². The van der Waals surface area contributed by atoms with E-state index in [0.717, 1.165) is 26.0 Å². The molecular formula is C27H22BrClIN3O4. The standard InChI is InChI=1S/C27H22BrClIN3O4/c1-2-18-5-3-4-6-22(18)31-24(34)14-33-26(35)23(32-27(33)36)13-17-11-20(28)25(21(29)12-17)37-15-16-7-9-19(30)10-8-16/h3-13H,2,14-15H2,1H3,(H,31,34)(H,32,36)/b23-13+. The van der Waals surface area contributed by atoms with Gasteiger partial charge in [-0.3, -0.25) is 9.59 Å². The van der Waals surface area contributed by atoms with Gasteiger partial charge in [-0.1, -0.05) is 48.9 Å². The number of carbonyl (C=O) groups excluding carboxylic acids is 3. The number of anilines is 1. The lowest BCUT2D eigenvalue weighted by Gasteiger charge is -2.13. The van der Waals surface area contributed by atoms with E-state index in [0.29, 0.717) is 33.1 Å². The van der Waals surface area contributed by atoms with E-state index < -0.39 is 24.4 Å². The fourth-order valence-corrected chi connectivity index (χ4v) is 5.05. The van der Waals surface area contributed by atoms with Crippen LogP contribution in [0.15, 0.2) is 70.8 Å². The van der Waals surface area contributed by atoms with Gasteiger partial charge < -0.3 is 15.4 Å². The molecule has 10 heteroatoms. The summed E-state index contributed by atoms with van der Waals surface area (Å²) in [5.41, 5.74) is 3.23. The predicted molar refractivity (Wildman–Crippen MR) is 155 cm³/mol. The molecule has 0 bridgehead atoms. The van der Waals surface area contributed by atoms with Crippen LogP contribution in [0.25, 0.3) is 6.08 Å². The quantitative estimate of drug-likeness (QED) is 0.163. The second kappa shape index (κ2) is 12.1. The average molecular weight is 695 g/mol. The highest BCUT2D eigenvalue weighted by atomic mass is 127. The van der Waals surface area contributed by atoms with Crippen molar-refractivity contribution in [1.29, 1.82) is 0 Å². The fraction of sp³-hybridized carbons (Fsp3) is 0.148. The van der Waals surface area contributed by atoms with Crippen molar-refractivity contribution in [3.8, 4) is 5.75 Å². The lowest BCUT2D eigenvalue weighted by molar-refractivity contribution is -0.127. The van der Waals surface area contributed by atoms with Crippen LogP contribution in [0.5, 0.6) is 5.75 Å². The summed E-state index contributed by atoms with van der Waals surface area (Å²) in [6, 6.07) is 18.0. The Morgan fingerprint density at radius 3 is 2.59 bits per heavy atom. The molecule has 0 saturated carbocycles. The van der Waals surface area contributed by atoms with Crippen molar-refractivity contribution < 1.29 is 19.1 Å². The highest BCUT2D eigenvalue weighted by Crippen LogP contribution is 2.36. The number of para-hydroxylation sites is 1. The first-order valence-electron chi connectivity index (χ1n) is 11.3. The molecule has 0 spiro atoms. The van der Waals surface area contributed by atoms with E-state index in [9.17, 15) is 14.4 Å². The molecule has 3 aromatic rings. The number of nitrogens with zero attached hydrogens (tertiary/aromatic N) is 1. The van der Waals surface area contributed by atoms with Gasteiger partial charge in [-0.15, -0.1) is 0 Å². The zero-order chi connectivity index (χ0) is 26.5. The van der Waals surface area contributed by atoms with E-state index in [1.807, 2.05) is 49.4 Å². The Labute approximate surface area is 241 Å². The van der Waals surface area contributed by atoms with Crippen molar-refractivity contribution in [3.63, 3.8) is 0 Å².